The molecule has 0 spiro atoms. The number of aromatic nitrogens is 1. The SMILES string of the molecule is Cc1cc(OC2CCC(C(=O)O)CC2)ccc1C(=O)NCCNC(=O)c1cc2cc(Cl)ccc2[nH]1. The van der Waals surface area contributed by atoms with Crippen LogP contribution in [0.2, 0.25) is 5.02 Å². The zero-order chi connectivity index (χ0) is 24.9. The minimum absolute atomic E-state index is 0.0115. The minimum atomic E-state index is -0.738. The van der Waals surface area contributed by atoms with Gasteiger partial charge in [-0.25, -0.2) is 0 Å². The monoisotopic (exact) mass is 497 g/mol. The normalized spacial score (nSPS) is 17.7. The Bertz CT molecular complexity index is 1250. The number of aryl methyl sites for hydroxylation is 1. The van der Waals surface area contributed by atoms with Gasteiger partial charge in [-0.2, -0.15) is 0 Å². The molecule has 2 amide bonds. The molecule has 0 unspecified atom stereocenters. The lowest BCUT2D eigenvalue weighted by atomic mass is 9.87. The number of halogens is 1. The molecule has 9 heteroatoms. The van der Waals surface area contributed by atoms with Gasteiger partial charge < -0.3 is 25.5 Å². The van der Waals surface area contributed by atoms with Crippen LogP contribution in [-0.4, -0.2) is 47.1 Å². The van der Waals surface area contributed by atoms with Gasteiger partial charge in [0.25, 0.3) is 11.8 Å². The smallest absolute Gasteiger partial charge is 0.306 e. The summed E-state index contributed by atoms with van der Waals surface area (Å²) in [6.07, 6.45) is 2.63. The highest BCUT2D eigenvalue weighted by molar-refractivity contribution is 6.31. The molecule has 1 fully saturated rings. The number of aliphatic carboxylic acids is 1. The minimum Gasteiger partial charge on any atom is -0.490 e. The first-order valence-corrected chi connectivity index (χ1v) is 12.0. The Morgan fingerprint density at radius 2 is 1.71 bits per heavy atom. The Hall–Kier alpha value is -3.52. The highest BCUT2D eigenvalue weighted by atomic mass is 35.5. The van der Waals surface area contributed by atoms with Gasteiger partial charge in [0.15, 0.2) is 0 Å². The number of rotatable bonds is 8. The molecule has 8 nitrogen and oxygen atoms in total. The van der Waals surface area contributed by atoms with Crippen LogP contribution in [0.25, 0.3) is 10.9 Å². The summed E-state index contributed by atoms with van der Waals surface area (Å²) in [5.74, 6) is -0.844. The summed E-state index contributed by atoms with van der Waals surface area (Å²) in [5.41, 5.74) is 2.56. The number of amides is 2. The van der Waals surface area contributed by atoms with Crippen molar-refractivity contribution in [1.29, 1.82) is 0 Å². The molecular formula is C26H28ClN3O5. The van der Waals surface area contributed by atoms with Crippen LogP contribution in [0.4, 0.5) is 0 Å². The van der Waals surface area contributed by atoms with E-state index in [1.54, 1.807) is 30.3 Å². The van der Waals surface area contributed by atoms with E-state index >= 15 is 0 Å². The molecule has 2 aromatic carbocycles. The van der Waals surface area contributed by atoms with Gasteiger partial charge in [0, 0.05) is 34.6 Å². The van der Waals surface area contributed by atoms with E-state index in [0.29, 0.717) is 47.7 Å². The predicted molar refractivity (Wildman–Crippen MR) is 133 cm³/mol. The van der Waals surface area contributed by atoms with Crippen molar-refractivity contribution in [1.82, 2.24) is 15.6 Å². The number of hydrogen-bond acceptors (Lipinski definition) is 4. The lowest BCUT2D eigenvalue weighted by molar-refractivity contribution is -0.143. The molecule has 184 valence electrons. The van der Waals surface area contributed by atoms with E-state index in [1.807, 2.05) is 19.1 Å². The van der Waals surface area contributed by atoms with Gasteiger partial charge in [-0.3, -0.25) is 14.4 Å². The van der Waals surface area contributed by atoms with Crippen LogP contribution in [-0.2, 0) is 4.79 Å². The van der Waals surface area contributed by atoms with Crippen molar-refractivity contribution in [2.24, 2.45) is 5.92 Å². The summed E-state index contributed by atoms with van der Waals surface area (Å²) in [4.78, 5) is 39.1. The topological polar surface area (TPSA) is 121 Å². The van der Waals surface area contributed by atoms with Gasteiger partial charge in [-0.15, -0.1) is 0 Å². The number of ether oxygens (including phenoxy) is 1. The first-order chi connectivity index (χ1) is 16.8. The summed E-state index contributed by atoms with van der Waals surface area (Å²) < 4.78 is 6.01. The van der Waals surface area contributed by atoms with E-state index in [4.69, 9.17) is 21.4 Å². The molecule has 0 saturated heterocycles. The molecule has 1 aliphatic rings. The second-order valence-electron chi connectivity index (χ2n) is 8.83. The maximum atomic E-state index is 12.6. The van der Waals surface area contributed by atoms with Crippen LogP contribution < -0.4 is 15.4 Å². The average Bonchev–Trinajstić information content (AvgIpc) is 3.25. The van der Waals surface area contributed by atoms with E-state index in [-0.39, 0.29) is 36.9 Å². The molecule has 35 heavy (non-hydrogen) atoms. The van der Waals surface area contributed by atoms with Crippen molar-refractivity contribution in [3.05, 3.63) is 64.3 Å². The molecule has 0 aliphatic heterocycles. The Balaban J connectivity index is 1.23. The van der Waals surface area contributed by atoms with Gasteiger partial charge >= 0.3 is 5.97 Å². The van der Waals surface area contributed by atoms with Crippen molar-refractivity contribution in [3.63, 3.8) is 0 Å². The number of benzene rings is 2. The molecule has 0 radical (unpaired) electrons. The van der Waals surface area contributed by atoms with E-state index in [2.05, 4.69) is 15.6 Å². The molecule has 1 aromatic heterocycles. The molecule has 1 saturated carbocycles. The summed E-state index contributed by atoms with van der Waals surface area (Å²) in [7, 11) is 0. The molecule has 1 heterocycles. The molecule has 0 atom stereocenters. The Labute approximate surface area is 208 Å². The lowest BCUT2D eigenvalue weighted by Crippen LogP contribution is -2.35. The number of fused-ring (bicyclic) bond motifs is 1. The number of carboxylic acids is 1. The standard InChI is InChI=1S/C26H28ClN3O5/c1-15-12-20(35-19-5-2-16(3-6-19)26(33)34)7-8-21(15)24(31)28-10-11-29-25(32)23-14-17-13-18(27)4-9-22(17)30-23/h4,7-9,12-14,16,19,30H,2-3,5-6,10-11H2,1H3,(H,28,31)(H,29,32)(H,33,34). The highest BCUT2D eigenvalue weighted by Crippen LogP contribution is 2.28. The summed E-state index contributed by atoms with van der Waals surface area (Å²) in [6, 6.07) is 12.4. The summed E-state index contributed by atoms with van der Waals surface area (Å²) in [6.45, 7) is 2.40. The van der Waals surface area contributed by atoms with Crippen molar-refractivity contribution in [2.75, 3.05) is 13.1 Å². The van der Waals surface area contributed by atoms with Crippen LogP contribution in [0, 0.1) is 12.8 Å². The van der Waals surface area contributed by atoms with Gasteiger partial charge in [0.05, 0.1) is 12.0 Å². The van der Waals surface area contributed by atoms with Crippen LogP contribution in [0.5, 0.6) is 5.75 Å². The fourth-order valence-corrected chi connectivity index (χ4v) is 4.53. The molecule has 0 bridgehead atoms. The van der Waals surface area contributed by atoms with E-state index in [1.165, 1.54) is 0 Å². The first-order valence-electron chi connectivity index (χ1n) is 11.6. The van der Waals surface area contributed by atoms with Gasteiger partial charge in [-0.1, -0.05) is 11.6 Å². The molecule has 4 rings (SSSR count). The number of carbonyl (C=O) groups excluding carboxylic acids is 2. The number of hydrogen-bond donors (Lipinski definition) is 4. The van der Waals surface area contributed by atoms with Gasteiger partial charge in [0.2, 0.25) is 0 Å². The van der Waals surface area contributed by atoms with Crippen LogP contribution in [0.3, 0.4) is 0 Å². The maximum absolute atomic E-state index is 12.6. The van der Waals surface area contributed by atoms with E-state index in [0.717, 1.165) is 16.5 Å². The van der Waals surface area contributed by atoms with Gasteiger partial charge in [-0.05, 0) is 80.6 Å². The molecular weight excluding hydrogens is 470 g/mol. The Morgan fingerprint density at radius 1 is 1.00 bits per heavy atom. The average molecular weight is 498 g/mol. The zero-order valence-electron chi connectivity index (χ0n) is 19.4. The zero-order valence-corrected chi connectivity index (χ0v) is 20.2. The van der Waals surface area contributed by atoms with Gasteiger partial charge in [0.1, 0.15) is 11.4 Å². The van der Waals surface area contributed by atoms with Crippen molar-refractivity contribution < 1.29 is 24.2 Å². The fourth-order valence-electron chi connectivity index (χ4n) is 4.35. The second kappa shape index (κ2) is 10.8. The molecule has 3 aromatic rings. The quantitative estimate of drug-likeness (QED) is 0.345. The lowest BCUT2D eigenvalue weighted by Gasteiger charge is -2.27. The largest absolute Gasteiger partial charge is 0.490 e. The fraction of sp³-hybridized carbons (Fsp3) is 0.346. The third-order valence-corrected chi connectivity index (χ3v) is 6.53. The predicted octanol–water partition coefficient (Wildman–Crippen LogP) is 4.31. The van der Waals surface area contributed by atoms with Crippen molar-refractivity contribution in [2.45, 2.75) is 38.7 Å². The van der Waals surface area contributed by atoms with E-state index in [9.17, 15) is 14.4 Å². The van der Waals surface area contributed by atoms with Crippen molar-refractivity contribution in [3.8, 4) is 5.75 Å². The maximum Gasteiger partial charge on any atom is 0.306 e. The van der Waals surface area contributed by atoms with E-state index < -0.39 is 5.97 Å². The Kier molecular flexibility index (Phi) is 7.60. The molecule has 4 N–H and O–H groups in total. The highest BCUT2D eigenvalue weighted by Gasteiger charge is 2.27. The third-order valence-electron chi connectivity index (χ3n) is 6.29. The summed E-state index contributed by atoms with van der Waals surface area (Å²) in [5, 5.41) is 16.2. The van der Waals surface area contributed by atoms with Crippen LogP contribution >= 0.6 is 11.6 Å². The third kappa shape index (κ3) is 6.14. The summed E-state index contributed by atoms with van der Waals surface area (Å²) >= 11 is 5.99. The number of carbonyl (C=O) groups is 3. The molecule has 1 aliphatic carbocycles. The Morgan fingerprint density at radius 3 is 2.40 bits per heavy atom. The number of nitrogens with one attached hydrogen (secondary N) is 3. The number of carboxylic acid groups (broad SMARTS) is 1. The first kappa shape index (κ1) is 24.6. The second-order valence-corrected chi connectivity index (χ2v) is 9.27. The number of aromatic amines is 1. The van der Waals surface area contributed by atoms with Crippen LogP contribution in [0.15, 0.2) is 42.5 Å². The van der Waals surface area contributed by atoms with Crippen molar-refractivity contribution >= 4 is 40.3 Å². The van der Waals surface area contributed by atoms with Crippen LogP contribution in [0.1, 0.15) is 52.1 Å². The number of H-pyrrole nitrogens is 1.